The van der Waals surface area contributed by atoms with E-state index in [0.29, 0.717) is 5.56 Å². The lowest BCUT2D eigenvalue weighted by Crippen LogP contribution is -1.98. The maximum atomic E-state index is 10.7. The molecule has 17 heavy (non-hydrogen) atoms. The molecule has 0 saturated heterocycles. The molecule has 0 radical (unpaired) electrons. The molecule has 5 nitrogen and oxygen atoms in total. The molecule has 0 unspecified atom stereocenters. The minimum Gasteiger partial charge on any atom is -0.343 e. The van der Waals surface area contributed by atoms with E-state index in [1.807, 2.05) is 18.4 Å². The molecule has 0 amide bonds. The van der Waals surface area contributed by atoms with Crippen LogP contribution >= 0.6 is 0 Å². The molecule has 1 heterocycles. The van der Waals surface area contributed by atoms with Crippen LogP contribution in [0.2, 0.25) is 0 Å². The van der Waals surface area contributed by atoms with E-state index in [-0.39, 0.29) is 11.7 Å². The second-order valence-electron chi connectivity index (χ2n) is 4.11. The molecule has 86 valence electrons. The number of hydrogen-bond donors (Lipinski definition) is 0. The van der Waals surface area contributed by atoms with Crippen molar-refractivity contribution in [1.29, 1.82) is 5.26 Å². The second kappa shape index (κ2) is 3.91. The summed E-state index contributed by atoms with van der Waals surface area (Å²) in [6.07, 6.45) is 1.74. The number of benzene rings is 1. The van der Waals surface area contributed by atoms with Gasteiger partial charge in [0.1, 0.15) is 6.07 Å². The van der Waals surface area contributed by atoms with Gasteiger partial charge in [-0.25, -0.2) is 0 Å². The van der Waals surface area contributed by atoms with Gasteiger partial charge in [-0.05, 0) is 19.9 Å². The lowest BCUT2D eigenvalue weighted by molar-refractivity contribution is -0.384. The van der Waals surface area contributed by atoms with Crippen molar-refractivity contribution in [2.24, 2.45) is 0 Å². The topological polar surface area (TPSA) is 71.9 Å². The SMILES string of the molecule is CC(C)n1cc(C#N)c2ccc([N+](=O)[O-])cc21. The van der Waals surface area contributed by atoms with Gasteiger partial charge in [-0.3, -0.25) is 10.1 Å². The third-order valence-electron chi connectivity index (χ3n) is 2.71. The van der Waals surface area contributed by atoms with Crippen LogP contribution < -0.4 is 0 Å². The Morgan fingerprint density at radius 2 is 2.18 bits per heavy atom. The molecule has 0 aliphatic rings. The molecule has 0 bridgehead atoms. The number of nitro benzene ring substituents is 1. The zero-order chi connectivity index (χ0) is 12.6. The molecule has 0 saturated carbocycles. The number of aromatic nitrogens is 1. The van der Waals surface area contributed by atoms with Crippen LogP contribution in [0.25, 0.3) is 10.9 Å². The number of non-ortho nitro benzene ring substituents is 1. The Bertz CT molecular complexity index is 635. The van der Waals surface area contributed by atoms with E-state index in [9.17, 15) is 10.1 Å². The van der Waals surface area contributed by atoms with Gasteiger partial charge in [-0.15, -0.1) is 0 Å². The van der Waals surface area contributed by atoms with Crippen LogP contribution in [-0.4, -0.2) is 9.49 Å². The number of hydrogen-bond acceptors (Lipinski definition) is 3. The monoisotopic (exact) mass is 229 g/mol. The van der Waals surface area contributed by atoms with E-state index >= 15 is 0 Å². The number of rotatable bonds is 2. The Balaban J connectivity index is 2.79. The average molecular weight is 229 g/mol. The van der Waals surface area contributed by atoms with E-state index < -0.39 is 4.92 Å². The van der Waals surface area contributed by atoms with Crippen LogP contribution in [0.4, 0.5) is 5.69 Å². The van der Waals surface area contributed by atoms with Gasteiger partial charge in [0, 0.05) is 29.8 Å². The van der Waals surface area contributed by atoms with Gasteiger partial charge in [0.15, 0.2) is 0 Å². The summed E-state index contributed by atoms with van der Waals surface area (Å²) in [5.74, 6) is 0. The van der Waals surface area contributed by atoms with E-state index in [1.54, 1.807) is 12.3 Å². The Hall–Kier alpha value is -2.35. The molecule has 1 aromatic heterocycles. The van der Waals surface area contributed by atoms with Crippen molar-refractivity contribution in [3.05, 3.63) is 40.1 Å². The first kappa shape index (κ1) is 11.1. The molecule has 0 N–H and O–H groups in total. The molecule has 2 aromatic rings. The minimum atomic E-state index is -0.427. The summed E-state index contributed by atoms with van der Waals surface area (Å²) in [4.78, 5) is 10.3. The predicted molar refractivity (Wildman–Crippen MR) is 63.7 cm³/mol. The maximum Gasteiger partial charge on any atom is 0.271 e. The predicted octanol–water partition coefficient (Wildman–Crippen LogP) is 3.00. The molecule has 1 aromatic carbocycles. The van der Waals surface area contributed by atoms with E-state index in [2.05, 4.69) is 6.07 Å². The van der Waals surface area contributed by atoms with Crippen molar-refractivity contribution in [2.75, 3.05) is 0 Å². The minimum absolute atomic E-state index is 0.0435. The maximum absolute atomic E-state index is 10.7. The Labute approximate surface area is 98.0 Å². The summed E-state index contributed by atoms with van der Waals surface area (Å²) < 4.78 is 1.88. The zero-order valence-corrected chi connectivity index (χ0v) is 9.54. The Morgan fingerprint density at radius 1 is 1.47 bits per heavy atom. The highest BCUT2D eigenvalue weighted by Gasteiger charge is 2.14. The summed E-state index contributed by atoms with van der Waals surface area (Å²) in [6, 6.07) is 6.82. The van der Waals surface area contributed by atoms with Crippen LogP contribution in [0.3, 0.4) is 0 Å². The molecule has 0 aliphatic heterocycles. The highest BCUT2D eigenvalue weighted by Crippen LogP contribution is 2.27. The molecule has 0 fully saturated rings. The smallest absolute Gasteiger partial charge is 0.271 e. The number of nitriles is 1. The van der Waals surface area contributed by atoms with Crippen molar-refractivity contribution < 1.29 is 4.92 Å². The highest BCUT2D eigenvalue weighted by molar-refractivity contribution is 5.88. The number of nitro groups is 1. The van der Waals surface area contributed by atoms with Crippen LogP contribution in [0.15, 0.2) is 24.4 Å². The standard InChI is InChI=1S/C12H11N3O2/c1-8(2)14-7-9(6-13)11-4-3-10(15(16)17)5-12(11)14/h3-5,7-8H,1-2H3. The summed E-state index contributed by atoms with van der Waals surface area (Å²) in [5.41, 5.74) is 1.32. The van der Waals surface area contributed by atoms with Crippen molar-refractivity contribution in [1.82, 2.24) is 4.57 Å². The number of fused-ring (bicyclic) bond motifs is 1. The van der Waals surface area contributed by atoms with Gasteiger partial charge >= 0.3 is 0 Å². The molecule has 5 heteroatoms. The fourth-order valence-electron chi connectivity index (χ4n) is 1.87. The molecule has 0 aliphatic carbocycles. The highest BCUT2D eigenvalue weighted by atomic mass is 16.6. The summed E-state index contributed by atoms with van der Waals surface area (Å²) >= 11 is 0. The van der Waals surface area contributed by atoms with Crippen molar-refractivity contribution in [3.8, 4) is 6.07 Å². The molecule has 2 rings (SSSR count). The van der Waals surface area contributed by atoms with Gasteiger partial charge in [0.05, 0.1) is 16.0 Å². The first-order valence-electron chi connectivity index (χ1n) is 5.23. The first-order chi connectivity index (χ1) is 8.04. The van der Waals surface area contributed by atoms with Gasteiger partial charge < -0.3 is 4.57 Å². The van der Waals surface area contributed by atoms with Gasteiger partial charge in [0.2, 0.25) is 0 Å². The van der Waals surface area contributed by atoms with Gasteiger partial charge in [-0.2, -0.15) is 5.26 Å². The Kier molecular flexibility index (Phi) is 2.56. The quantitative estimate of drug-likeness (QED) is 0.587. The zero-order valence-electron chi connectivity index (χ0n) is 9.54. The lowest BCUT2D eigenvalue weighted by atomic mass is 10.2. The second-order valence-corrected chi connectivity index (χ2v) is 4.11. The fraction of sp³-hybridized carbons (Fsp3) is 0.250. The molecule has 0 spiro atoms. The van der Waals surface area contributed by atoms with Crippen LogP contribution in [0.5, 0.6) is 0 Å². The first-order valence-corrected chi connectivity index (χ1v) is 5.23. The fourth-order valence-corrected chi connectivity index (χ4v) is 1.87. The average Bonchev–Trinajstić information content (AvgIpc) is 2.66. The van der Waals surface area contributed by atoms with Crippen molar-refractivity contribution in [2.45, 2.75) is 19.9 Å². The van der Waals surface area contributed by atoms with Crippen LogP contribution in [0.1, 0.15) is 25.5 Å². The van der Waals surface area contributed by atoms with Crippen LogP contribution in [0, 0.1) is 21.4 Å². The summed E-state index contributed by atoms with van der Waals surface area (Å²) in [5, 5.41) is 20.5. The number of nitrogens with zero attached hydrogens (tertiary/aromatic N) is 3. The van der Waals surface area contributed by atoms with Crippen LogP contribution in [-0.2, 0) is 0 Å². The van der Waals surface area contributed by atoms with E-state index in [0.717, 1.165) is 10.9 Å². The third kappa shape index (κ3) is 1.74. The van der Waals surface area contributed by atoms with Crippen molar-refractivity contribution in [3.63, 3.8) is 0 Å². The van der Waals surface area contributed by atoms with Gasteiger partial charge in [0.25, 0.3) is 5.69 Å². The third-order valence-corrected chi connectivity index (χ3v) is 2.71. The molecular formula is C12H11N3O2. The summed E-state index contributed by atoms with van der Waals surface area (Å²) in [6.45, 7) is 3.94. The lowest BCUT2D eigenvalue weighted by Gasteiger charge is -2.08. The molecule has 0 atom stereocenters. The van der Waals surface area contributed by atoms with Gasteiger partial charge in [-0.1, -0.05) is 0 Å². The molecular weight excluding hydrogens is 218 g/mol. The van der Waals surface area contributed by atoms with E-state index in [4.69, 9.17) is 5.26 Å². The largest absolute Gasteiger partial charge is 0.343 e. The van der Waals surface area contributed by atoms with Crippen molar-refractivity contribution >= 4 is 16.6 Å². The van der Waals surface area contributed by atoms with E-state index in [1.165, 1.54) is 12.1 Å². The normalized spacial score (nSPS) is 10.7. The Morgan fingerprint density at radius 3 is 2.71 bits per heavy atom. The summed E-state index contributed by atoms with van der Waals surface area (Å²) in [7, 11) is 0.